The van der Waals surface area contributed by atoms with Crippen LogP contribution < -0.4 is 0 Å². The highest BCUT2D eigenvalue weighted by atomic mass is 16.4. The number of rotatable bonds is 5. The van der Waals surface area contributed by atoms with E-state index in [1.165, 1.54) is 0 Å². The van der Waals surface area contributed by atoms with E-state index in [9.17, 15) is 9.59 Å². The Kier molecular flexibility index (Phi) is 5.41. The second-order valence-corrected chi connectivity index (χ2v) is 4.96. The monoisotopic (exact) mass is 242 g/mol. The maximum atomic E-state index is 11.8. The Labute approximate surface area is 102 Å². The summed E-state index contributed by atoms with van der Waals surface area (Å²) in [5.41, 5.74) is 0. The molecule has 1 fully saturated rings. The summed E-state index contributed by atoms with van der Waals surface area (Å²) >= 11 is 0. The number of carbonyl (C=O) groups is 2. The Morgan fingerprint density at radius 3 is 2.24 bits per heavy atom. The van der Waals surface area contributed by atoms with E-state index in [-0.39, 0.29) is 12.3 Å². The van der Waals surface area contributed by atoms with Gasteiger partial charge in [-0.05, 0) is 5.92 Å². The number of aliphatic carboxylic acids is 1. The topological polar surface area (TPSA) is 60.9 Å². The molecule has 98 valence electrons. The Morgan fingerprint density at radius 1 is 1.18 bits per heavy atom. The zero-order valence-electron chi connectivity index (χ0n) is 10.7. The number of carbonyl (C=O) groups excluding carboxylic acids is 1. The lowest BCUT2D eigenvalue weighted by Crippen LogP contribution is -2.49. The van der Waals surface area contributed by atoms with Gasteiger partial charge in [0.15, 0.2) is 0 Å². The zero-order chi connectivity index (χ0) is 12.8. The first kappa shape index (κ1) is 14.0. The van der Waals surface area contributed by atoms with Gasteiger partial charge < -0.3 is 10.0 Å². The van der Waals surface area contributed by atoms with Crippen molar-refractivity contribution in [2.75, 3.05) is 32.7 Å². The van der Waals surface area contributed by atoms with Crippen LogP contribution in [0.2, 0.25) is 0 Å². The molecule has 0 aliphatic carbocycles. The largest absolute Gasteiger partial charge is 0.481 e. The molecular formula is C12H22N2O3. The second-order valence-electron chi connectivity index (χ2n) is 4.96. The van der Waals surface area contributed by atoms with Gasteiger partial charge in [-0.2, -0.15) is 0 Å². The molecule has 1 aliphatic heterocycles. The molecule has 0 spiro atoms. The molecule has 5 heteroatoms. The summed E-state index contributed by atoms with van der Waals surface area (Å²) in [6.07, 6.45) is 0.787. The number of carboxylic acids is 1. The summed E-state index contributed by atoms with van der Waals surface area (Å²) in [4.78, 5) is 26.2. The van der Waals surface area contributed by atoms with Gasteiger partial charge in [-0.25, -0.2) is 0 Å². The third kappa shape index (κ3) is 5.17. The van der Waals surface area contributed by atoms with E-state index >= 15 is 0 Å². The smallest absolute Gasteiger partial charge is 0.304 e. The van der Waals surface area contributed by atoms with Gasteiger partial charge in [-0.1, -0.05) is 13.8 Å². The predicted octanol–water partition coefficient (Wildman–Crippen LogP) is 0.651. The van der Waals surface area contributed by atoms with Gasteiger partial charge in [0, 0.05) is 39.1 Å². The van der Waals surface area contributed by atoms with Gasteiger partial charge in [0.1, 0.15) is 0 Å². The molecule has 0 unspecified atom stereocenters. The molecule has 0 saturated carbocycles. The highest BCUT2D eigenvalue weighted by Crippen LogP contribution is 2.08. The first-order valence-electron chi connectivity index (χ1n) is 6.21. The molecule has 1 aliphatic rings. The normalized spacial score (nSPS) is 17.5. The summed E-state index contributed by atoms with van der Waals surface area (Å²) in [5, 5.41) is 8.59. The molecule has 1 amide bonds. The number of hydrogen-bond donors (Lipinski definition) is 1. The van der Waals surface area contributed by atoms with Gasteiger partial charge in [-0.15, -0.1) is 0 Å². The molecule has 17 heavy (non-hydrogen) atoms. The molecule has 0 aromatic carbocycles. The van der Waals surface area contributed by atoms with Crippen molar-refractivity contribution in [2.45, 2.75) is 26.7 Å². The van der Waals surface area contributed by atoms with Crippen molar-refractivity contribution in [3.63, 3.8) is 0 Å². The first-order chi connectivity index (χ1) is 7.99. The Hall–Kier alpha value is -1.10. The molecule has 1 N–H and O–H groups in total. The van der Waals surface area contributed by atoms with Gasteiger partial charge in [0.2, 0.25) is 5.91 Å². The van der Waals surface area contributed by atoms with Crippen LogP contribution in [0.25, 0.3) is 0 Å². The Morgan fingerprint density at radius 2 is 1.76 bits per heavy atom. The van der Waals surface area contributed by atoms with E-state index in [0.717, 1.165) is 26.2 Å². The zero-order valence-corrected chi connectivity index (χ0v) is 10.7. The summed E-state index contributed by atoms with van der Waals surface area (Å²) in [5.74, 6) is -0.145. The van der Waals surface area contributed by atoms with Gasteiger partial charge in [0.25, 0.3) is 0 Å². The molecule has 1 heterocycles. The second kappa shape index (κ2) is 6.59. The van der Waals surface area contributed by atoms with Crippen molar-refractivity contribution < 1.29 is 14.7 Å². The Balaban J connectivity index is 2.25. The number of nitrogens with zero attached hydrogens (tertiary/aromatic N) is 2. The van der Waals surface area contributed by atoms with Gasteiger partial charge >= 0.3 is 5.97 Å². The fourth-order valence-corrected chi connectivity index (χ4v) is 1.95. The fourth-order valence-electron chi connectivity index (χ4n) is 1.95. The van der Waals surface area contributed by atoms with Crippen LogP contribution in [0, 0.1) is 5.92 Å². The molecule has 5 nitrogen and oxygen atoms in total. The number of piperazine rings is 1. The fraction of sp³-hybridized carbons (Fsp3) is 0.833. The van der Waals surface area contributed by atoms with E-state index in [1.54, 1.807) is 0 Å². The minimum Gasteiger partial charge on any atom is -0.481 e. The van der Waals surface area contributed by atoms with Crippen molar-refractivity contribution in [1.82, 2.24) is 9.80 Å². The van der Waals surface area contributed by atoms with Crippen LogP contribution in [0.1, 0.15) is 26.7 Å². The highest BCUT2D eigenvalue weighted by molar-refractivity contribution is 5.76. The lowest BCUT2D eigenvalue weighted by atomic mass is 10.1. The average molecular weight is 242 g/mol. The number of amides is 1. The third-order valence-electron chi connectivity index (χ3n) is 2.95. The summed E-state index contributed by atoms with van der Waals surface area (Å²) in [6.45, 7) is 7.70. The van der Waals surface area contributed by atoms with Crippen molar-refractivity contribution >= 4 is 11.9 Å². The van der Waals surface area contributed by atoms with E-state index in [4.69, 9.17) is 5.11 Å². The van der Waals surface area contributed by atoms with Crippen molar-refractivity contribution in [1.29, 1.82) is 0 Å². The van der Waals surface area contributed by atoms with E-state index in [2.05, 4.69) is 4.90 Å². The molecule has 0 aromatic heterocycles. The van der Waals surface area contributed by atoms with Crippen LogP contribution in [-0.2, 0) is 9.59 Å². The van der Waals surface area contributed by atoms with Crippen LogP contribution in [0.3, 0.4) is 0 Å². The SMILES string of the molecule is CC(C)CC(=O)N1CCN(CCC(=O)O)CC1. The van der Waals surface area contributed by atoms with Gasteiger partial charge in [-0.3, -0.25) is 14.5 Å². The van der Waals surface area contributed by atoms with E-state index in [0.29, 0.717) is 18.9 Å². The molecule has 0 atom stereocenters. The number of hydrogen-bond acceptors (Lipinski definition) is 3. The van der Waals surface area contributed by atoms with Crippen LogP contribution in [0.5, 0.6) is 0 Å². The maximum absolute atomic E-state index is 11.8. The summed E-state index contributed by atoms with van der Waals surface area (Å²) in [6, 6.07) is 0. The molecule has 0 radical (unpaired) electrons. The average Bonchev–Trinajstić information content (AvgIpc) is 2.26. The predicted molar refractivity (Wildman–Crippen MR) is 64.7 cm³/mol. The molecule has 1 rings (SSSR count). The van der Waals surface area contributed by atoms with Crippen LogP contribution >= 0.6 is 0 Å². The van der Waals surface area contributed by atoms with Crippen molar-refractivity contribution in [3.8, 4) is 0 Å². The summed E-state index contributed by atoms with van der Waals surface area (Å²) in [7, 11) is 0. The van der Waals surface area contributed by atoms with Crippen LogP contribution in [0.15, 0.2) is 0 Å². The van der Waals surface area contributed by atoms with Crippen LogP contribution in [0.4, 0.5) is 0 Å². The van der Waals surface area contributed by atoms with Gasteiger partial charge in [0.05, 0.1) is 6.42 Å². The lowest BCUT2D eigenvalue weighted by Gasteiger charge is -2.34. The Bertz CT molecular complexity index is 271. The quantitative estimate of drug-likeness (QED) is 0.769. The van der Waals surface area contributed by atoms with E-state index in [1.807, 2.05) is 18.7 Å². The minimum absolute atomic E-state index is 0.180. The van der Waals surface area contributed by atoms with Crippen LogP contribution in [-0.4, -0.2) is 59.5 Å². The molecule has 0 aromatic rings. The minimum atomic E-state index is -0.761. The molecule has 1 saturated heterocycles. The maximum Gasteiger partial charge on any atom is 0.304 e. The molecular weight excluding hydrogens is 220 g/mol. The highest BCUT2D eigenvalue weighted by Gasteiger charge is 2.21. The van der Waals surface area contributed by atoms with Crippen molar-refractivity contribution in [2.24, 2.45) is 5.92 Å². The first-order valence-corrected chi connectivity index (χ1v) is 6.21. The summed E-state index contributed by atoms with van der Waals surface area (Å²) < 4.78 is 0. The molecule has 0 bridgehead atoms. The number of carboxylic acid groups (broad SMARTS) is 1. The third-order valence-corrected chi connectivity index (χ3v) is 2.95. The lowest BCUT2D eigenvalue weighted by molar-refractivity contribution is -0.138. The van der Waals surface area contributed by atoms with E-state index < -0.39 is 5.97 Å². The van der Waals surface area contributed by atoms with Crippen molar-refractivity contribution in [3.05, 3.63) is 0 Å². The standard InChI is InChI=1S/C12H22N2O3/c1-10(2)9-11(15)14-7-5-13(6-8-14)4-3-12(16)17/h10H,3-9H2,1-2H3,(H,16,17).